The lowest BCUT2D eigenvalue weighted by molar-refractivity contribution is -0.136. The van der Waals surface area contributed by atoms with Crippen LogP contribution in [-0.2, 0) is 11.2 Å². The molecule has 4 nitrogen and oxygen atoms in total. The predicted molar refractivity (Wildman–Crippen MR) is 44.6 cm³/mol. The van der Waals surface area contributed by atoms with Crippen LogP contribution in [0, 0.1) is 6.92 Å². The summed E-state index contributed by atoms with van der Waals surface area (Å²) in [6.45, 7) is 1.84. The number of aliphatic carboxylic acids is 1. The van der Waals surface area contributed by atoms with Crippen LogP contribution < -0.4 is 0 Å². The summed E-state index contributed by atoms with van der Waals surface area (Å²) >= 11 is 0. The molecule has 1 saturated carbocycles. The zero-order valence-electron chi connectivity index (χ0n) is 7.41. The van der Waals surface area contributed by atoms with Crippen LogP contribution in [0.25, 0.3) is 0 Å². The molecule has 0 saturated heterocycles. The molecule has 1 fully saturated rings. The SMILES string of the molecule is Cc1oc(CC(=O)O)nc1C1CC1. The zero-order chi connectivity index (χ0) is 9.42. The minimum Gasteiger partial charge on any atom is -0.481 e. The molecule has 0 radical (unpaired) electrons. The third kappa shape index (κ3) is 1.71. The van der Waals surface area contributed by atoms with Crippen LogP contribution in [0.2, 0.25) is 0 Å². The third-order valence-electron chi connectivity index (χ3n) is 2.14. The number of rotatable bonds is 3. The summed E-state index contributed by atoms with van der Waals surface area (Å²) < 4.78 is 5.23. The lowest BCUT2D eigenvalue weighted by Crippen LogP contribution is -2.00. The minimum atomic E-state index is -0.899. The Bertz CT molecular complexity index is 339. The number of nitrogens with zero attached hydrogens (tertiary/aromatic N) is 1. The first kappa shape index (κ1) is 8.29. The van der Waals surface area contributed by atoms with E-state index >= 15 is 0 Å². The molecule has 2 rings (SSSR count). The number of aromatic nitrogens is 1. The summed E-state index contributed by atoms with van der Waals surface area (Å²) in [5.74, 6) is 0.723. The second-order valence-electron chi connectivity index (χ2n) is 3.39. The third-order valence-corrected chi connectivity index (χ3v) is 2.14. The largest absolute Gasteiger partial charge is 0.481 e. The van der Waals surface area contributed by atoms with Crippen molar-refractivity contribution in [1.29, 1.82) is 0 Å². The van der Waals surface area contributed by atoms with Gasteiger partial charge in [0.05, 0.1) is 5.69 Å². The Morgan fingerprint density at radius 1 is 1.69 bits per heavy atom. The first-order chi connectivity index (χ1) is 6.16. The Balaban J connectivity index is 2.19. The van der Waals surface area contributed by atoms with Crippen LogP contribution >= 0.6 is 0 Å². The van der Waals surface area contributed by atoms with E-state index in [9.17, 15) is 4.79 Å². The fraction of sp³-hybridized carbons (Fsp3) is 0.556. The van der Waals surface area contributed by atoms with Crippen molar-refractivity contribution in [2.75, 3.05) is 0 Å². The van der Waals surface area contributed by atoms with Gasteiger partial charge in [-0.1, -0.05) is 0 Å². The van der Waals surface area contributed by atoms with E-state index in [1.54, 1.807) is 0 Å². The summed E-state index contributed by atoms with van der Waals surface area (Å²) in [6, 6.07) is 0. The van der Waals surface area contributed by atoms with Crippen LogP contribution in [0.1, 0.15) is 36.1 Å². The van der Waals surface area contributed by atoms with Gasteiger partial charge in [0, 0.05) is 5.92 Å². The van der Waals surface area contributed by atoms with Crippen molar-refractivity contribution < 1.29 is 14.3 Å². The van der Waals surface area contributed by atoms with Gasteiger partial charge in [0.15, 0.2) is 0 Å². The highest BCUT2D eigenvalue weighted by atomic mass is 16.4. The van der Waals surface area contributed by atoms with Crippen LogP contribution in [0.4, 0.5) is 0 Å². The first-order valence-electron chi connectivity index (χ1n) is 4.35. The van der Waals surface area contributed by atoms with E-state index in [1.165, 1.54) is 0 Å². The van der Waals surface area contributed by atoms with Crippen molar-refractivity contribution >= 4 is 5.97 Å². The fourth-order valence-corrected chi connectivity index (χ4v) is 1.41. The Morgan fingerprint density at radius 2 is 2.38 bits per heavy atom. The van der Waals surface area contributed by atoms with E-state index < -0.39 is 5.97 Å². The number of carboxylic acid groups (broad SMARTS) is 1. The van der Waals surface area contributed by atoms with E-state index in [2.05, 4.69) is 4.98 Å². The molecule has 1 heterocycles. The lowest BCUT2D eigenvalue weighted by atomic mass is 10.2. The Labute approximate surface area is 75.6 Å². The van der Waals surface area contributed by atoms with E-state index in [4.69, 9.17) is 9.52 Å². The molecule has 1 N–H and O–H groups in total. The van der Waals surface area contributed by atoms with Gasteiger partial charge >= 0.3 is 5.97 Å². The quantitative estimate of drug-likeness (QED) is 0.767. The molecule has 13 heavy (non-hydrogen) atoms. The molecule has 1 aliphatic carbocycles. The van der Waals surface area contributed by atoms with Crippen molar-refractivity contribution in [1.82, 2.24) is 4.98 Å². The molecule has 1 aliphatic rings. The molecule has 0 atom stereocenters. The molecule has 0 bridgehead atoms. The molecule has 0 unspecified atom stereocenters. The summed E-state index contributed by atoms with van der Waals surface area (Å²) in [7, 11) is 0. The van der Waals surface area contributed by atoms with Gasteiger partial charge in [-0.15, -0.1) is 0 Å². The molecule has 4 heteroatoms. The molecule has 0 amide bonds. The van der Waals surface area contributed by atoms with Gasteiger partial charge in [0.25, 0.3) is 0 Å². The average molecular weight is 181 g/mol. The van der Waals surface area contributed by atoms with Crippen molar-refractivity contribution in [3.63, 3.8) is 0 Å². The highest BCUT2D eigenvalue weighted by molar-refractivity contribution is 5.68. The van der Waals surface area contributed by atoms with Crippen LogP contribution in [0.5, 0.6) is 0 Å². The highest BCUT2D eigenvalue weighted by Gasteiger charge is 2.29. The number of aryl methyl sites for hydroxylation is 1. The van der Waals surface area contributed by atoms with Gasteiger partial charge in [-0.05, 0) is 19.8 Å². The number of carbonyl (C=O) groups is 1. The van der Waals surface area contributed by atoms with E-state index in [0.29, 0.717) is 11.8 Å². The summed E-state index contributed by atoms with van der Waals surface area (Å²) in [6.07, 6.45) is 2.19. The number of hydrogen-bond donors (Lipinski definition) is 1. The number of hydrogen-bond acceptors (Lipinski definition) is 3. The average Bonchev–Trinajstić information content (AvgIpc) is 2.77. The predicted octanol–water partition coefficient (Wildman–Crippen LogP) is 1.49. The van der Waals surface area contributed by atoms with Crippen molar-refractivity contribution in [2.24, 2.45) is 0 Å². The van der Waals surface area contributed by atoms with Crippen LogP contribution in [-0.4, -0.2) is 16.1 Å². The second kappa shape index (κ2) is 2.87. The van der Waals surface area contributed by atoms with Crippen LogP contribution in [0.3, 0.4) is 0 Å². The Hall–Kier alpha value is -1.32. The fourth-order valence-electron chi connectivity index (χ4n) is 1.41. The lowest BCUT2D eigenvalue weighted by Gasteiger charge is -1.86. The maximum atomic E-state index is 10.4. The topological polar surface area (TPSA) is 63.3 Å². The van der Waals surface area contributed by atoms with Crippen molar-refractivity contribution in [2.45, 2.75) is 32.1 Å². The van der Waals surface area contributed by atoms with Gasteiger partial charge in [-0.2, -0.15) is 0 Å². The summed E-state index contributed by atoms with van der Waals surface area (Å²) in [5, 5.41) is 8.52. The maximum Gasteiger partial charge on any atom is 0.312 e. The number of oxazole rings is 1. The van der Waals surface area contributed by atoms with Gasteiger partial charge in [-0.3, -0.25) is 4.79 Å². The normalized spacial score (nSPS) is 16.1. The maximum absolute atomic E-state index is 10.4. The highest BCUT2D eigenvalue weighted by Crippen LogP contribution is 2.41. The standard InChI is InChI=1S/C9H11NO3/c1-5-9(6-2-3-6)10-7(13-5)4-8(11)12/h6H,2-4H2,1H3,(H,11,12). The molecule has 70 valence electrons. The van der Waals surface area contributed by atoms with Crippen molar-refractivity contribution in [3.05, 3.63) is 17.3 Å². The second-order valence-corrected chi connectivity index (χ2v) is 3.39. The van der Waals surface area contributed by atoms with Crippen LogP contribution in [0.15, 0.2) is 4.42 Å². The number of carboxylic acids is 1. The Kier molecular flexibility index (Phi) is 1.83. The van der Waals surface area contributed by atoms with E-state index in [-0.39, 0.29) is 6.42 Å². The van der Waals surface area contributed by atoms with Crippen molar-refractivity contribution in [3.8, 4) is 0 Å². The molecule has 0 aromatic carbocycles. The van der Waals surface area contributed by atoms with Gasteiger partial charge < -0.3 is 9.52 Å². The molecule has 0 aliphatic heterocycles. The molecular formula is C9H11NO3. The van der Waals surface area contributed by atoms with E-state index in [1.807, 2.05) is 6.92 Å². The van der Waals surface area contributed by atoms with Gasteiger partial charge in [0.1, 0.15) is 12.2 Å². The summed E-state index contributed by atoms with van der Waals surface area (Å²) in [5.41, 5.74) is 0.955. The van der Waals surface area contributed by atoms with E-state index in [0.717, 1.165) is 24.3 Å². The molecule has 1 aromatic rings. The summed E-state index contributed by atoms with van der Waals surface area (Å²) in [4.78, 5) is 14.5. The Morgan fingerprint density at radius 3 is 2.92 bits per heavy atom. The smallest absolute Gasteiger partial charge is 0.312 e. The minimum absolute atomic E-state index is 0.118. The molecular weight excluding hydrogens is 170 g/mol. The first-order valence-corrected chi connectivity index (χ1v) is 4.35. The molecule has 0 spiro atoms. The van der Waals surface area contributed by atoms with Gasteiger partial charge in [0.2, 0.25) is 5.89 Å². The molecule has 1 aromatic heterocycles. The van der Waals surface area contributed by atoms with Gasteiger partial charge in [-0.25, -0.2) is 4.98 Å². The monoisotopic (exact) mass is 181 g/mol. The zero-order valence-corrected chi connectivity index (χ0v) is 7.41.